The molecule has 0 aliphatic carbocycles. The van der Waals surface area contributed by atoms with Crippen LogP contribution in [-0.2, 0) is 10.8 Å². The molecule has 0 saturated heterocycles. The van der Waals surface area contributed by atoms with Crippen LogP contribution in [0.5, 0.6) is 0 Å². The maximum atomic E-state index is 10.9. The SMILES string of the molecule is CS(=O)CCNc1cncc2nnnn12. The predicted molar refractivity (Wildman–Crippen MR) is 56.0 cm³/mol. The molecule has 0 aromatic carbocycles. The maximum absolute atomic E-state index is 10.9. The van der Waals surface area contributed by atoms with Gasteiger partial charge in [0.05, 0.1) is 12.4 Å². The van der Waals surface area contributed by atoms with Crippen LogP contribution in [0.4, 0.5) is 5.82 Å². The van der Waals surface area contributed by atoms with E-state index in [0.717, 1.165) is 0 Å². The van der Waals surface area contributed by atoms with Gasteiger partial charge in [-0.25, -0.2) is 0 Å². The Hall–Kier alpha value is -1.57. The molecule has 7 nitrogen and oxygen atoms in total. The summed E-state index contributed by atoms with van der Waals surface area (Å²) in [4.78, 5) is 3.98. The molecule has 2 rings (SSSR count). The lowest BCUT2D eigenvalue weighted by molar-refractivity contribution is 0.686. The second-order valence-electron chi connectivity index (χ2n) is 2.95. The number of hydrogen-bond donors (Lipinski definition) is 1. The van der Waals surface area contributed by atoms with Crippen molar-refractivity contribution in [2.45, 2.75) is 0 Å². The van der Waals surface area contributed by atoms with Crippen LogP contribution in [0.1, 0.15) is 0 Å². The van der Waals surface area contributed by atoms with Crippen LogP contribution in [0.3, 0.4) is 0 Å². The second kappa shape index (κ2) is 4.30. The van der Waals surface area contributed by atoms with Crippen molar-refractivity contribution in [3.05, 3.63) is 12.4 Å². The number of hydrogen-bond acceptors (Lipinski definition) is 6. The first-order valence-electron chi connectivity index (χ1n) is 4.33. The molecule has 15 heavy (non-hydrogen) atoms. The lowest BCUT2D eigenvalue weighted by Crippen LogP contribution is -2.12. The Morgan fingerprint density at radius 1 is 1.53 bits per heavy atom. The summed E-state index contributed by atoms with van der Waals surface area (Å²) in [7, 11) is -0.807. The van der Waals surface area contributed by atoms with Gasteiger partial charge < -0.3 is 5.32 Å². The minimum absolute atomic E-state index is 0.581. The van der Waals surface area contributed by atoms with Crippen LogP contribution in [0, 0.1) is 0 Å². The van der Waals surface area contributed by atoms with Gasteiger partial charge in [-0.3, -0.25) is 9.19 Å². The standard InChI is InChI=1S/C7H10N6OS/c1-15(14)3-2-9-6-4-8-5-7-10-11-12-13(6)7/h4-5,9H,2-3H2,1H3. The molecule has 0 amide bonds. The van der Waals surface area contributed by atoms with E-state index in [-0.39, 0.29) is 0 Å². The van der Waals surface area contributed by atoms with Crippen molar-refractivity contribution < 1.29 is 4.21 Å². The summed E-state index contributed by atoms with van der Waals surface area (Å²) in [5.41, 5.74) is 0.581. The number of tetrazole rings is 1. The average molecular weight is 226 g/mol. The fraction of sp³-hybridized carbons (Fsp3) is 0.429. The monoisotopic (exact) mass is 226 g/mol. The van der Waals surface area contributed by atoms with E-state index in [0.29, 0.717) is 23.8 Å². The highest BCUT2D eigenvalue weighted by Crippen LogP contribution is 2.04. The summed E-state index contributed by atoms with van der Waals surface area (Å²) in [6, 6.07) is 0. The third-order valence-electron chi connectivity index (χ3n) is 1.80. The van der Waals surface area contributed by atoms with E-state index in [2.05, 4.69) is 25.8 Å². The molecule has 80 valence electrons. The quantitative estimate of drug-likeness (QED) is 0.742. The van der Waals surface area contributed by atoms with E-state index in [9.17, 15) is 4.21 Å². The van der Waals surface area contributed by atoms with Gasteiger partial charge in [0.25, 0.3) is 0 Å². The minimum atomic E-state index is -0.807. The molecule has 8 heteroatoms. The Kier molecular flexibility index (Phi) is 2.86. The molecule has 0 saturated carbocycles. The van der Waals surface area contributed by atoms with Gasteiger partial charge in [-0.15, -0.1) is 5.10 Å². The zero-order valence-corrected chi connectivity index (χ0v) is 8.94. The average Bonchev–Trinajstić information content (AvgIpc) is 2.65. The van der Waals surface area contributed by atoms with Crippen molar-refractivity contribution in [2.24, 2.45) is 0 Å². The molecule has 1 N–H and O–H groups in total. The van der Waals surface area contributed by atoms with Crippen molar-refractivity contribution in [3.8, 4) is 0 Å². The smallest absolute Gasteiger partial charge is 0.199 e. The van der Waals surface area contributed by atoms with Gasteiger partial charge >= 0.3 is 0 Å². The first-order valence-corrected chi connectivity index (χ1v) is 6.06. The van der Waals surface area contributed by atoms with Crippen LogP contribution in [0.15, 0.2) is 12.4 Å². The molecule has 0 bridgehead atoms. The Bertz CT molecular complexity index is 483. The van der Waals surface area contributed by atoms with Crippen molar-refractivity contribution in [1.82, 2.24) is 25.0 Å². The van der Waals surface area contributed by atoms with E-state index in [1.807, 2.05) is 0 Å². The van der Waals surface area contributed by atoms with Crippen molar-refractivity contribution in [1.29, 1.82) is 0 Å². The molecule has 0 radical (unpaired) electrons. The molecule has 0 spiro atoms. The molecule has 0 aliphatic rings. The molecule has 1 atom stereocenters. The number of aromatic nitrogens is 5. The van der Waals surface area contributed by atoms with Gasteiger partial charge in [0.1, 0.15) is 5.82 Å². The van der Waals surface area contributed by atoms with Gasteiger partial charge in [0.15, 0.2) is 5.65 Å². The topological polar surface area (TPSA) is 85.1 Å². The van der Waals surface area contributed by atoms with Crippen molar-refractivity contribution in [3.63, 3.8) is 0 Å². The molecular weight excluding hydrogens is 216 g/mol. The zero-order chi connectivity index (χ0) is 10.7. The summed E-state index contributed by atoms with van der Waals surface area (Å²) < 4.78 is 12.4. The van der Waals surface area contributed by atoms with Crippen molar-refractivity contribution in [2.75, 3.05) is 23.9 Å². The third kappa shape index (κ3) is 2.27. The van der Waals surface area contributed by atoms with Crippen LogP contribution in [-0.4, -0.2) is 47.8 Å². The molecule has 2 aromatic heterocycles. The Morgan fingerprint density at radius 3 is 3.20 bits per heavy atom. The van der Waals surface area contributed by atoms with Crippen LogP contribution < -0.4 is 5.32 Å². The van der Waals surface area contributed by atoms with Gasteiger partial charge in [-0.2, -0.15) is 4.52 Å². The lowest BCUT2D eigenvalue weighted by atomic mass is 10.6. The second-order valence-corrected chi connectivity index (χ2v) is 4.50. The number of nitrogens with one attached hydrogen (secondary N) is 1. The predicted octanol–water partition coefficient (Wildman–Crippen LogP) is -0.690. The first kappa shape index (κ1) is 9.97. The number of fused-ring (bicyclic) bond motifs is 1. The minimum Gasteiger partial charge on any atom is -0.368 e. The fourth-order valence-electron chi connectivity index (χ4n) is 1.12. The molecule has 0 aliphatic heterocycles. The summed E-state index contributed by atoms with van der Waals surface area (Å²) in [5.74, 6) is 1.28. The van der Waals surface area contributed by atoms with Crippen LogP contribution in [0.25, 0.3) is 5.65 Å². The zero-order valence-electron chi connectivity index (χ0n) is 8.12. The van der Waals surface area contributed by atoms with E-state index >= 15 is 0 Å². The normalized spacial score (nSPS) is 12.9. The highest BCUT2D eigenvalue weighted by atomic mass is 32.2. The van der Waals surface area contributed by atoms with E-state index in [1.165, 1.54) is 0 Å². The van der Waals surface area contributed by atoms with Crippen molar-refractivity contribution >= 4 is 22.3 Å². The summed E-state index contributed by atoms with van der Waals surface area (Å²) in [5, 5.41) is 14.2. The van der Waals surface area contributed by atoms with Crippen LogP contribution >= 0.6 is 0 Å². The Labute approximate surface area is 88.4 Å². The number of rotatable bonds is 4. The highest BCUT2D eigenvalue weighted by molar-refractivity contribution is 7.84. The fourth-order valence-corrected chi connectivity index (χ4v) is 1.51. The highest BCUT2D eigenvalue weighted by Gasteiger charge is 2.02. The van der Waals surface area contributed by atoms with E-state index < -0.39 is 10.8 Å². The van der Waals surface area contributed by atoms with Crippen LogP contribution in [0.2, 0.25) is 0 Å². The molecule has 1 unspecified atom stereocenters. The molecular formula is C7H10N6OS. The number of anilines is 1. The summed E-state index contributed by atoms with van der Waals surface area (Å²) in [6.07, 6.45) is 4.86. The van der Waals surface area contributed by atoms with Gasteiger partial charge in [0.2, 0.25) is 0 Å². The molecule has 0 fully saturated rings. The Balaban J connectivity index is 2.13. The molecule has 2 heterocycles. The largest absolute Gasteiger partial charge is 0.368 e. The lowest BCUT2D eigenvalue weighted by Gasteiger charge is -2.04. The summed E-state index contributed by atoms with van der Waals surface area (Å²) in [6.45, 7) is 0.601. The molecule has 2 aromatic rings. The van der Waals surface area contributed by atoms with Gasteiger partial charge in [-0.05, 0) is 10.4 Å². The Morgan fingerprint density at radius 2 is 2.40 bits per heavy atom. The number of nitrogens with zero attached hydrogens (tertiary/aromatic N) is 5. The maximum Gasteiger partial charge on any atom is 0.199 e. The summed E-state index contributed by atoms with van der Waals surface area (Å²) >= 11 is 0. The van der Waals surface area contributed by atoms with Gasteiger partial charge in [-0.1, -0.05) is 0 Å². The van der Waals surface area contributed by atoms with E-state index in [1.54, 1.807) is 23.2 Å². The van der Waals surface area contributed by atoms with Gasteiger partial charge in [0, 0.05) is 29.4 Å². The van der Waals surface area contributed by atoms with E-state index in [4.69, 9.17) is 0 Å². The third-order valence-corrected chi connectivity index (χ3v) is 2.58. The first-order chi connectivity index (χ1) is 7.27.